The van der Waals surface area contributed by atoms with Gasteiger partial charge in [-0.2, -0.15) is 13.2 Å². The van der Waals surface area contributed by atoms with E-state index in [-0.39, 0.29) is 12.2 Å². The first kappa shape index (κ1) is 25.4. The van der Waals surface area contributed by atoms with Gasteiger partial charge in [0.05, 0.1) is 12.1 Å². The number of rotatable bonds is 5. The van der Waals surface area contributed by atoms with E-state index < -0.39 is 29.5 Å². The number of hydrogen-bond donors (Lipinski definition) is 3. The van der Waals surface area contributed by atoms with Gasteiger partial charge in [0.15, 0.2) is 0 Å². The van der Waals surface area contributed by atoms with Crippen LogP contribution in [0.3, 0.4) is 0 Å². The molecular weight excluding hydrogens is 481 g/mol. The quantitative estimate of drug-likeness (QED) is 0.329. The third-order valence-electron chi connectivity index (χ3n) is 4.56. The van der Waals surface area contributed by atoms with Crippen LogP contribution in [0.15, 0.2) is 84.9 Å². The number of aromatic carboxylic acids is 1. The summed E-state index contributed by atoms with van der Waals surface area (Å²) in [6, 6.07) is 21.9. The summed E-state index contributed by atoms with van der Waals surface area (Å²) in [5.74, 6) is -1.91. The largest absolute Gasteiger partial charge is 0.477 e. The lowest BCUT2D eigenvalue weighted by atomic mass is 10.2. The Balaban J connectivity index is 0.000000237. The highest BCUT2D eigenvalue weighted by Gasteiger charge is 2.30. The van der Waals surface area contributed by atoms with Crippen LogP contribution in [0.4, 0.5) is 18.9 Å². The van der Waals surface area contributed by atoms with Crippen molar-refractivity contribution < 1.29 is 32.7 Å². The van der Waals surface area contributed by atoms with Gasteiger partial charge < -0.3 is 15.7 Å². The van der Waals surface area contributed by atoms with Crippen molar-refractivity contribution in [2.45, 2.75) is 6.18 Å². The van der Waals surface area contributed by atoms with Crippen molar-refractivity contribution in [1.82, 2.24) is 5.32 Å². The summed E-state index contributed by atoms with van der Waals surface area (Å²) in [6.07, 6.45) is -4.48. The highest BCUT2D eigenvalue weighted by atomic mass is 32.1. The van der Waals surface area contributed by atoms with Gasteiger partial charge in [-0.15, -0.1) is 11.3 Å². The molecule has 10 heteroatoms. The zero-order valence-corrected chi connectivity index (χ0v) is 18.8. The van der Waals surface area contributed by atoms with E-state index in [9.17, 15) is 27.6 Å². The van der Waals surface area contributed by atoms with Gasteiger partial charge in [0.1, 0.15) is 4.88 Å². The minimum Gasteiger partial charge on any atom is -0.477 e. The SMILES string of the molecule is O=C(CNC(=O)c1ccccc1)Nc1cccc(C(F)(F)F)c1.O=C(O)c1cc2ccccc2s1. The van der Waals surface area contributed by atoms with Gasteiger partial charge in [-0.05, 0) is 47.9 Å². The lowest BCUT2D eigenvalue weighted by Gasteiger charge is -2.10. The summed E-state index contributed by atoms with van der Waals surface area (Å²) < 4.78 is 38.8. The Labute approximate surface area is 202 Å². The fourth-order valence-corrected chi connectivity index (χ4v) is 3.82. The van der Waals surface area contributed by atoms with Crippen LogP contribution >= 0.6 is 11.3 Å². The Morgan fingerprint density at radius 3 is 2.20 bits per heavy atom. The molecule has 1 heterocycles. The predicted octanol–water partition coefficient (Wildman–Crippen LogP) is 5.67. The zero-order chi connectivity index (χ0) is 25.4. The Kier molecular flexibility index (Phi) is 8.21. The Morgan fingerprint density at radius 2 is 1.54 bits per heavy atom. The van der Waals surface area contributed by atoms with Gasteiger partial charge in [0.2, 0.25) is 5.91 Å². The van der Waals surface area contributed by atoms with Gasteiger partial charge in [-0.1, -0.05) is 42.5 Å². The van der Waals surface area contributed by atoms with Crippen LogP contribution in [0.1, 0.15) is 25.6 Å². The fraction of sp³-hybridized carbons (Fsp3) is 0.0800. The van der Waals surface area contributed by atoms with Crippen molar-refractivity contribution in [3.05, 3.63) is 101 Å². The lowest BCUT2D eigenvalue weighted by Crippen LogP contribution is -2.32. The molecule has 35 heavy (non-hydrogen) atoms. The molecule has 0 unspecified atom stereocenters. The van der Waals surface area contributed by atoms with Crippen LogP contribution in [0.25, 0.3) is 10.1 Å². The van der Waals surface area contributed by atoms with E-state index in [0.717, 1.165) is 22.2 Å². The molecule has 0 fully saturated rings. The average Bonchev–Trinajstić information content (AvgIpc) is 3.28. The maximum Gasteiger partial charge on any atom is 0.416 e. The molecule has 4 aromatic rings. The maximum atomic E-state index is 12.6. The van der Waals surface area contributed by atoms with E-state index in [2.05, 4.69) is 10.6 Å². The summed E-state index contributed by atoms with van der Waals surface area (Å²) in [5.41, 5.74) is -0.457. The van der Waals surface area contributed by atoms with Crippen LogP contribution in [-0.4, -0.2) is 29.4 Å². The van der Waals surface area contributed by atoms with E-state index in [4.69, 9.17) is 5.11 Å². The molecule has 1 aromatic heterocycles. The fourth-order valence-electron chi connectivity index (χ4n) is 2.92. The van der Waals surface area contributed by atoms with E-state index in [0.29, 0.717) is 10.4 Å². The van der Waals surface area contributed by atoms with E-state index in [1.54, 1.807) is 36.4 Å². The van der Waals surface area contributed by atoms with Crippen LogP contribution < -0.4 is 10.6 Å². The third kappa shape index (κ3) is 7.41. The topological polar surface area (TPSA) is 95.5 Å². The minimum atomic E-state index is -4.48. The highest BCUT2D eigenvalue weighted by Crippen LogP contribution is 2.30. The molecule has 0 aliphatic carbocycles. The molecule has 4 rings (SSSR count). The minimum absolute atomic E-state index is 0.0128. The van der Waals surface area contributed by atoms with Gasteiger partial charge >= 0.3 is 12.1 Å². The number of hydrogen-bond acceptors (Lipinski definition) is 4. The van der Waals surface area contributed by atoms with E-state index in [1.807, 2.05) is 24.3 Å². The maximum absolute atomic E-state index is 12.6. The second-order valence-corrected chi connectivity index (χ2v) is 8.21. The average molecular weight is 500 g/mol. The monoisotopic (exact) mass is 500 g/mol. The first-order chi connectivity index (χ1) is 16.6. The molecular formula is C25H19F3N2O4S. The first-order valence-electron chi connectivity index (χ1n) is 10.2. The molecule has 0 radical (unpaired) electrons. The number of thiophene rings is 1. The molecule has 0 aliphatic heterocycles. The number of carbonyl (C=O) groups is 3. The lowest BCUT2D eigenvalue weighted by molar-refractivity contribution is -0.137. The summed E-state index contributed by atoms with van der Waals surface area (Å²) >= 11 is 1.31. The number of alkyl halides is 3. The van der Waals surface area contributed by atoms with Crippen LogP contribution in [0.2, 0.25) is 0 Å². The summed E-state index contributed by atoms with van der Waals surface area (Å²) in [5, 5.41) is 14.4. The molecule has 0 atom stereocenters. The number of halogens is 3. The zero-order valence-electron chi connectivity index (χ0n) is 18.0. The molecule has 2 amide bonds. The summed E-state index contributed by atoms with van der Waals surface area (Å²) in [4.78, 5) is 34.4. The van der Waals surface area contributed by atoms with Crippen LogP contribution in [0, 0.1) is 0 Å². The third-order valence-corrected chi connectivity index (χ3v) is 5.66. The molecule has 6 nitrogen and oxygen atoms in total. The number of fused-ring (bicyclic) bond motifs is 1. The van der Waals surface area contributed by atoms with E-state index in [1.165, 1.54) is 23.5 Å². The van der Waals surface area contributed by atoms with Crippen molar-refractivity contribution >= 4 is 44.9 Å². The smallest absolute Gasteiger partial charge is 0.416 e. The van der Waals surface area contributed by atoms with E-state index >= 15 is 0 Å². The molecule has 0 aliphatic rings. The molecule has 0 saturated carbocycles. The number of amides is 2. The number of carboxylic acids is 1. The standard InChI is InChI=1S/C16H13F3N2O2.C9H6O2S/c17-16(18,19)12-7-4-8-13(9-12)21-14(22)10-20-15(23)11-5-2-1-3-6-11;10-9(11)8-5-6-3-1-2-4-7(6)12-8/h1-9H,10H2,(H,20,23)(H,21,22);1-5H,(H,10,11). The van der Waals surface area contributed by atoms with Crippen molar-refractivity contribution in [2.24, 2.45) is 0 Å². The van der Waals surface area contributed by atoms with Gasteiger partial charge in [-0.25, -0.2) is 4.79 Å². The van der Waals surface area contributed by atoms with Gasteiger partial charge in [0.25, 0.3) is 5.91 Å². The first-order valence-corrected chi connectivity index (χ1v) is 11.0. The van der Waals surface area contributed by atoms with Gasteiger partial charge in [-0.3, -0.25) is 9.59 Å². The number of anilines is 1. The number of carboxylic acid groups (broad SMARTS) is 1. The van der Waals surface area contributed by atoms with Crippen molar-refractivity contribution in [3.8, 4) is 0 Å². The second kappa shape index (κ2) is 11.3. The molecule has 0 bridgehead atoms. The molecule has 3 aromatic carbocycles. The Morgan fingerprint density at radius 1 is 0.857 bits per heavy atom. The Hall–Kier alpha value is -4.18. The molecule has 0 spiro atoms. The number of carbonyl (C=O) groups excluding carboxylic acids is 2. The summed E-state index contributed by atoms with van der Waals surface area (Å²) in [6.45, 7) is -0.343. The molecule has 3 N–H and O–H groups in total. The van der Waals surface area contributed by atoms with Crippen LogP contribution in [0.5, 0.6) is 0 Å². The molecule has 180 valence electrons. The summed E-state index contributed by atoms with van der Waals surface area (Å²) in [7, 11) is 0. The number of nitrogens with one attached hydrogen (secondary N) is 2. The van der Waals surface area contributed by atoms with Gasteiger partial charge in [0, 0.05) is 16.0 Å². The van der Waals surface area contributed by atoms with Crippen LogP contribution in [-0.2, 0) is 11.0 Å². The van der Waals surface area contributed by atoms with Crippen molar-refractivity contribution in [1.29, 1.82) is 0 Å². The Bertz CT molecular complexity index is 1300. The van der Waals surface area contributed by atoms with Crippen molar-refractivity contribution in [2.75, 3.05) is 11.9 Å². The number of benzene rings is 3. The normalized spacial score (nSPS) is 10.7. The predicted molar refractivity (Wildman–Crippen MR) is 128 cm³/mol. The van der Waals surface area contributed by atoms with Crippen molar-refractivity contribution in [3.63, 3.8) is 0 Å². The molecule has 0 saturated heterocycles. The highest BCUT2D eigenvalue weighted by molar-refractivity contribution is 7.20. The second-order valence-electron chi connectivity index (χ2n) is 7.13.